The van der Waals surface area contributed by atoms with Crippen LogP contribution >= 0.6 is 0 Å². The second-order valence-electron chi connectivity index (χ2n) is 3.64. The van der Waals surface area contributed by atoms with Crippen molar-refractivity contribution in [2.45, 2.75) is 26.1 Å². The molecule has 0 aromatic heterocycles. The third kappa shape index (κ3) is 1.77. The lowest BCUT2D eigenvalue weighted by Crippen LogP contribution is -1.97. The summed E-state index contributed by atoms with van der Waals surface area (Å²) in [5.41, 5.74) is 1.07. The van der Waals surface area contributed by atoms with Gasteiger partial charge in [0.2, 0.25) is 6.79 Å². The first-order valence-electron chi connectivity index (χ1n) is 4.85. The van der Waals surface area contributed by atoms with Crippen LogP contribution in [0.4, 0.5) is 4.39 Å². The van der Waals surface area contributed by atoms with Crippen LogP contribution < -0.4 is 9.47 Å². The third-order valence-corrected chi connectivity index (χ3v) is 2.43. The van der Waals surface area contributed by atoms with E-state index >= 15 is 0 Å². The van der Waals surface area contributed by atoms with Gasteiger partial charge in [-0.25, -0.2) is 4.39 Å². The zero-order valence-corrected chi connectivity index (χ0v) is 8.66. The molecule has 1 heterocycles. The quantitative estimate of drug-likeness (QED) is 0.818. The Morgan fingerprint density at radius 3 is 2.67 bits per heavy atom. The number of ether oxygens (including phenoxy) is 2. The van der Waals surface area contributed by atoms with E-state index in [9.17, 15) is 9.50 Å². The number of halogens is 1. The predicted octanol–water partition coefficient (Wildman–Crippen LogP) is 2.50. The lowest BCUT2D eigenvalue weighted by molar-refractivity contribution is 0.164. The van der Waals surface area contributed by atoms with Crippen LogP contribution in [0.2, 0.25) is 0 Å². The smallest absolute Gasteiger partial charge is 0.231 e. The van der Waals surface area contributed by atoms with Gasteiger partial charge < -0.3 is 14.6 Å². The van der Waals surface area contributed by atoms with Crippen molar-refractivity contribution < 1.29 is 19.0 Å². The highest BCUT2D eigenvalue weighted by Crippen LogP contribution is 2.41. The summed E-state index contributed by atoms with van der Waals surface area (Å²) in [7, 11) is 0. The van der Waals surface area contributed by atoms with Crippen molar-refractivity contribution in [3.05, 3.63) is 23.3 Å². The molecule has 0 bridgehead atoms. The van der Waals surface area contributed by atoms with Crippen LogP contribution in [0.3, 0.4) is 0 Å². The highest BCUT2D eigenvalue weighted by molar-refractivity contribution is 5.52. The van der Waals surface area contributed by atoms with Crippen molar-refractivity contribution in [1.82, 2.24) is 0 Å². The Morgan fingerprint density at radius 2 is 2.07 bits per heavy atom. The Kier molecular flexibility index (Phi) is 2.52. The Labute approximate surface area is 87.4 Å². The second kappa shape index (κ2) is 3.70. The normalized spacial score (nSPS) is 17.6. The van der Waals surface area contributed by atoms with Gasteiger partial charge in [-0.15, -0.1) is 0 Å². The molecular formula is C11H13FO3. The summed E-state index contributed by atoms with van der Waals surface area (Å²) in [6.45, 7) is 3.19. The van der Waals surface area contributed by atoms with Crippen molar-refractivity contribution in [1.29, 1.82) is 0 Å². The molecule has 0 saturated heterocycles. The third-order valence-electron chi connectivity index (χ3n) is 2.43. The van der Waals surface area contributed by atoms with Gasteiger partial charge >= 0.3 is 0 Å². The molecule has 15 heavy (non-hydrogen) atoms. The van der Waals surface area contributed by atoms with E-state index in [1.54, 1.807) is 19.1 Å². The summed E-state index contributed by atoms with van der Waals surface area (Å²) >= 11 is 0. The molecule has 2 atom stereocenters. The van der Waals surface area contributed by atoms with Crippen molar-refractivity contribution in [2.24, 2.45) is 0 Å². The Hall–Kier alpha value is -1.29. The predicted molar refractivity (Wildman–Crippen MR) is 52.7 cm³/mol. The summed E-state index contributed by atoms with van der Waals surface area (Å²) in [5, 5.41) is 9.54. The standard InChI is InChI=1S/C11H13FO3/c1-6(12)8-3-9(7(2)13)11-10(4-8)14-5-15-11/h3-4,6-7,13H,5H2,1-2H3. The molecule has 0 spiro atoms. The molecule has 0 amide bonds. The number of benzene rings is 1. The SMILES string of the molecule is CC(O)c1cc(C(C)F)cc2c1OCO2. The molecule has 1 N–H and O–H groups in total. The van der Waals surface area contributed by atoms with Gasteiger partial charge in [0.15, 0.2) is 11.5 Å². The van der Waals surface area contributed by atoms with Gasteiger partial charge in [0.05, 0.1) is 6.10 Å². The van der Waals surface area contributed by atoms with Crippen molar-refractivity contribution in [3.8, 4) is 11.5 Å². The van der Waals surface area contributed by atoms with Gasteiger partial charge in [-0.2, -0.15) is 0 Å². The van der Waals surface area contributed by atoms with Crippen LogP contribution in [-0.4, -0.2) is 11.9 Å². The Bertz CT molecular complexity index is 374. The summed E-state index contributed by atoms with van der Waals surface area (Å²) < 4.78 is 23.6. The first-order valence-corrected chi connectivity index (χ1v) is 4.85. The number of hydrogen-bond acceptors (Lipinski definition) is 3. The molecule has 0 fully saturated rings. The van der Waals surface area contributed by atoms with Crippen molar-refractivity contribution >= 4 is 0 Å². The molecule has 1 aliphatic rings. The van der Waals surface area contributed by atoms with Crippen LogP contribution in [-0.2, 0) is 0 Å². The van der Waals surface area contributed by atoms with Crippen LogP contribution in [0.15, 0.2) is 12.1 Å². The Morgan fingerprint density at radius 1 is 1.33 bits per heavy atom. The highest BCUT2D eigenvalue weighted by Gasteiger charge is 2.22. The minimum absolute atomic E-state index is 0.124. The Balaban J connectivity index is 2.52. The van der Waals surface area contributed by atoms with E-state index in [0.717, 1.165) is 0 Å². The number of aliphatic hydroxyl groups is 1. The van der Waals surface area contributed by atoms with Gasteiger partial charge in [0.25, 0.3) is 0 Å². The van der Waals surface area contributed by atoms with E-state index in [2.05, 4.69) is 0 Å². The summed E-state index contributed by atoms with van der Waals surface area (Å²) in [6.07, 6.45) is -1.78. The molecule has 0 radical (unpaired) electrons. The minimum Gasteiger partial charge on any atom is -0.454 e. The molecule has 2 unspecified atom stereocenters. The zero-order chi connectivity index (χ0) is 11.0. The maximum Gasteiger partial charge on any atom is 0.231 e. The fourth-order valence-electron chi connectivity index (χ4n) is 1.60. The number of aliphatic hydroxyl groups excluding tert-OH is 1. The molecule has 82 valence electrons. The van der Waals surface area contributed by atoms with E-state index in [1.165, 1.54) is 6.92 Å². The average Bonchev–Trinajstić information content (AvgIpc) is 2.62. The molecular weight excluding hydrogens is 199 g/mol. The highest BCUT2D eigenvalue weighted by atomic mass is 19.1. The lowest BCUT2D eigenvalue weighted by Gasteiger charge is -2.11. The molecule has 2 rings (SSSR count). The summed E-state index contributed by atoms with van der Waals surface area (Å²) in [4.78, 5) is 0. The molecule has 1 aromatic rings. The summed E-state index contributed by atoms with van der Waals surface area (Å²) in [6, 6.07) is 3.22. The fraction of sp³-hybridized carbons (Fsp3) is 0.455. The fourth-order valence-corrected chi connectivity index (χ4v) is 1.60. The van der Waals surface area contributed by atoms with Crippen molar-refractivity contribution in [2.75, 3.05) is 6.79 Å². The first-order chi connectivity index (χ1) is 7.09. The van der Waals surface area contributed by atoms with Gasteiger partial charge in [0.1, 0.15) is 6.17 Å². The van der Waals surface area contributed by atoms with E-state index in [4.69, 9.17) is 9.47 Å². The minimum atomic E-state index is -1.09. The van der Waals surface area contributed by atoms with Gasteiger partial charge in [-0.1, -0.05) is 0 Å². The first kappa shape index (κ1) is 10.2. The molecule has 0 aliphatic carbocycles. The zero-order valence-electron chi connectivity index (χ0n) is 8.66. The van der Waals surface area contributed by atoms with Gasteiger partial charge in [-0.05, 0) is 31.5 Å². The second-order valence-corrected chi connectivity index (χ2v) is 3.64. The largest absolute Gasteiger partial charge is 0.454 e. The number of alkyl halides is 1. The molecule has 4 heteroatoms. The van der Waals surface area contributed by atoms with Crippen LogP contribution in [0, 0.1) is 0 Å². The molecule has 1 aliphatic heterocycles. The average molecular weight is 212 g/mol. The number of hydrogen-bond donors (Lipinski definition) is 1. The van der Waals surface area contributed by atoms with Crippen LogP contribution in [0.25, 0.3) is 0 Å². The molecule has 1 aromatic carbocycles. The molecule has 3 nitrogen and oxygen atoms in total. The monoisotopic (exact) mass is 212 g/mol. The van der Waals surface area contributed by atoms with Gasteiger partial charge in [0, 0.05) is 5.56 Å². The van der Waals surface area contributed by atoms with E-state index < -0.39 is 12.3 Å². The van der Waals surface area contributed by atoms with Crippen LogP contribution in [0.5, 0.6) is 11.5 Å². The van der Waals surface area contributed by atoms with E-state index in [0.29, 0.717) is 22.6 Å². The topological polar surface area (TPSA) is 38.7 Å². The maximum atomic E-state index is 13.2. The van der Waals surface area contributed by atoms with E-state index in [1.807, 2.05) is 0 Å². The number of rotatable bonds is 2. The van der Waals surface area contributed by atoms with Gasteiger partial charge in [-0.3, -0.25) is 0 Å². The maximum absolute atomic E-state index is 13.2. The van der Waals surface area contributed by atoms with E-state index in [-0.39, 0.29) is 6.79 Å². The summed E-state index contributed by atoms with van der Waals surface area (Å²) in [5.74, 6) is 1.03. The lowest BCUT2D eigenvalue weighted by atomic mass is 10.0. The molecule has 0 saturated carbocycles. The number of fused-ring (bicyclic) bond motifs is 1. The van der Waals surface area contributed by atoms with Crippen molar-refractivity contribution in [3.63, 3.8) is 0 Å². The van der Waals surface area contributed by atoms with Crippen LogP contribution in [0.1, 0.15) is 37.3 Å².